The van der Waals surface area contributed by atoms with Crippen LogP contribution < -0.4 is 5.32 Å². The monoisotopic (exact) mass is 418 g/mol. The van der Waals surface area contributed by atoms with E-state index < -0.39 is 0 Å². The van der Waals surface area contributed by atoms with Crippen LogP contribution in [-0.4, -0.2) is 20.5 Å². The van der Waals surface area contributed by atoms with Gasteiger partial charge in [0.05, 0.1) is 0 Å². The first-order chi connectivity index (χ1) is 15.8. The number of nitrogens with zero attached hydrogens (tertiary/aromatic N) is 3. The van der Waals surface area contributed by atoms with Gasteiger partial charge in [-0.2, -0.15) is 0 Å². The maximum atomic E-state index is 13.0. The molecular weight excluding hydrogens is 396 g/mol. The smallest absolute Gasteiger partial charge is 0.225 e. The lowest BCUT2D eigenvalue weighted by atomic mass is 9.88. The molecule has 5 aromatic rings. The zero-order chi connectivity index (χ0) is 21.8. The van der Waals surface area contributed by atoms with Gasteiger partial charge in [0.2, 0.25) is 5.91 Å². The quantitative estimate of drug-likeness (QED) is 0.393. The van der Waals surface area contributed by atoms with E-state index in [2.05, 4.69) is 39.8 Å². The Morgan fingerprint density at radius 2 is 1.47 bits per heavy atom. The molecule has 0 aliphatic rings. The van der Waals surface area contributed by atoms with E-state index in [9.17, 15) is 4.79 Å². The van der Waals surface area contributed by atoms with Crippen molar-refractivity contribution in [1.82, 2.24) is 14.6 Å². The van der Waals surface area contributed by atoms with Crippen LogP contribution in [0.3, 0.4) is 0 Å². The predicted molar refractivity (Wildman–Crippen MR) is 126 cm³/mol. The van der Waals surface area contributed by atoms with Crippen molar-refractivity contribution in [3.05, 3.63) is 120 Å². The molecule has 0 fully saturated rings. The molecule has 32 heavy (non-hydrogen) atoms. The average Bonchev–Trinajstić information content (AvgIpc) is 3.28. The number of rotatable bonds is 6. The molecule has 1 N–H and O–H groups in total. The predicted octanol–water partition coefficient (Wildman–Crippen LogP) is 5.56. The highest BCUT2D eigenvalue weighted by molar-refractivity contribution is 5.92. The number of amides is 1. The Labute approximate surface area is 186 Å². The third-order valence-corrected chi connectivity index (χ3v) is 5.51. The van der Waals surface area contributed by atoms with Gasteiger partial charge < -0.3 is 5.32 Å². The molecule has 2 heterocycles. The zero-order valence-electron chi connectivity index (χ0n) is 17.4. The van der Waals surface area contributed by atoms with Crippen LogP contribution >= 0.6 is 0 Å². The van der Waals surface area contributed by atoms with Crippen molar-refractivity contribution in [2.24, 2.45) is 0 Å². The van der Waals surface area contributed by atoms with Gasteiger partial charge in [-0.05, 0) is 35.4 Å². The van der Waals surface area contributed by atoms with E-state index in [0.29, 0.717) is 6.42 Å². The van der Waals surface area contributed by atoms with Crippen molar-refractivity contribution in [2.45, 2.75) is 12.3 Å². The van der Waals surface area contributed by atoms with Gasteiger partial charge in [0.25, 0.3) is 0 Å². The van der Waals surface area contributed by atoms with Crippen LogP contribution in [-0.2, 0) is 4.79 Å². The van der Waals surface area contributed by atoms with Crippen molar-refractivity contribution in [1.29, 1.82) is 0 Å². The lowest BCUT2D eigenvalue weighted by Gasteiger charge is -2.18. The fraction of sp³-hybridized carbons (Fsp3) is 0.0741. The van der Waals surface area contributed by atoms with Gasteiger partial charge in [-0.15, -0.1) is 10.2 Å². The largest absolute Gasteiger partial charge is 0.326 e. The molecular formula is C27H22N4O. The molecule has 0 unspecified atom stereocenters. The van der Waals surface area contributed by atoms with Crippen LogP contribution in [0.5, 0.6) is 0 Å². The second kappa shape index (κ2) is 8.86. The number of pyridine rings is 1. The molecule has 0 radical (unpaired) electrons. The zero-order valence-corrected chi connectivity index (χ0v) is 17.4. The number of benzene rings is 3. The summed E-state index contributed by atoms with van der Waals surface area (Å²) in [7, 11) is 0. The van der Waals surface area contributed by atoms with Crippen molar-refractivity contribution in [3.63, 3.8) is 0 Å². The van der Waals surface area contributed by atoms with Crippen LogP contribution in [0.15, 0.2) is 109 Å². The Hall–Kier alpha value is -4.25. The van der Waals surface area contributed by atoms with Crippen LogP contribution in [0.4, 0.5) is 5.69 Å². The number of anilines is 1. The Morgan fingerprint density at radius 3 is 2.19 bits per heavy atom. The van der Waals surface area contributed by atoms with Gasteiger partial charge in [-0.25, -0.2) is 0 Å². The molecule has 1 amide bonds. The van der Waals surface area contributed by atoms with Crippen LogP contribution in [0.25, 0.3) is 17.0 Å². The molecule has 3 aromatic carbocycles. The molecule has 5 heteroatoms. The fourth-order valence-corrected chi connectivity index (χ4v) is 3.97. The minimum Gasteiger partial charge on any atom is -0.326 e. The first-order valence-electron chi connectivity index (χ1n) is 10.6. The lowest BCUT2D eigenvalue weighted by molar-refractivity contribution is -0.116. The lowest BCUT2D eigenvalue weighted by Crippen LogP contribution is -2.16. The van der Waals surface area contributed by atoms with Gasteiger partial charge >= 0.3 is 0 Å². The van der Waals surface area contributed by atoms with E-state index in [4.69, 9.17) is 0 Å². The molecule has 0 aliphatic carbocycles. The molecule has 0 atom stereocenters. The number of nitrogens with one attached hydrogen (secondary N) is 1. The number of aromatic nitrogens is 3. The van der Waals surface area contributed by atoms with Crippen LogP contribution in [0.2, 0.25) is 0 Å². The number of carbonyl (C=O) groups excluding carboxylic acids is 1. The molecule has 2 aromatic heterocycles. The minimum absolute atomic E-state index is 0.0129. The molecule has 0 saturated heterocycles. The second-order valence-electron chi connectivity index (χ2n) is 7.66. The molecule has 5 nitrogen and oxygen atoms in total. The fourth-order valence-electron chi connectivity index (χ4n) is 3.97. The standard InChI is InChI=1S/C27H22N4O/c32-26(19-24(20-10-3-1-4-11-20)21-12-5-2-6-13-21)28-23-15-9-14-22(18-23)27-30-29-25-16-7-8-17-31(25)27/h1-18,24H,19H2,(H,28,32). The highest BCUT2D eigenvalue weighted by atomic mass is 16.1. The van der Waals surface area contributed by atoms with E-state index in [1.807, 2.05) is 89.5 Å². The van der Waals surface area contributed by atoms with Gasteiger partial charge in [-0.3, -0.25) is 9.20 Å². The van der Waals surface area contributed by atoms with Crippen molar-refractivity contribution < 1.29 is 4.79 Å². The summed E-state index contributed by atoms with van der Waals surface area (Å²) in [6, 6.07) is 33.8. The number of carbonyl (C=O) groups is 1. The Bertz CT molecular complexity index is 1310. The summed E-state index contributed by atoms with van der Waals surface area (Å²) in [5.74, 6) is 0.690. The average molecular weight is 419 g/mol. The number of fused-ring (bicyclic) bond motifs is 1. The molecule has 0 spiro atoms. The Morgan fingerprint density at radius 1 is 0.781 bits per heavy atom. The summed E-state index contributed by atoms with van der Waals surface area (Å²) in [4.78, 5) is 13.0. The first-order valence-corrected chi connectivity index (χ1v) is 10.6. The molecule has 0 aliphatic heterocycles. The summed E-state index contributed by atoms with van der Waals surface area (Å²) < 4.78 is 1.93. The maximum Gasteiger partial charge on any atom is 0.225 e. The van der Waals surface area contributed by atoms with E-state index in [0.717, 1.165) is 33.8 Å². The first kappa shape index (κ1) is 19.7. The van der Waals surface area contributed by atoms with E-state index in [-0.39, 0.29) is 11.8 Å². The van der Waals surface area contributed by atoms with E-state index in [1.165, 1.54) is 0 Å². The molecule has 0 saturated carbocycles. The number of hydrogen-bond donors (Lipinski definition) is 1. The van der Waals surface area contributed by atoms with Gasteiger partial charge in [0, 0.05) is 29.8 Å². The highest BCUT2D eigenvalue weighted by Gasteiger charge is 2.18. The van der Waals surface area contributed by atoms with Crippen LogP contribution in [0.1, 0.15) is 23.5 Å². The second-order valence-corrected chi connectivity index (χ2v) is 7.66. The number of hydrogen-bond acceptors (Lipinski definition) is 3. The summed E-state index contributed by atoms with van der Waals surface area (Å²) in [5, 5.41) is 11.6. The van der Waals surface area contributed by atoms with Gasteiger partial charge in [0.1, 0.15) is 0 Å². The SMILES string of the molecule is O=C(CC(c1ccccc1)c1ccccc1)Nc1cccc(-c2nnc3ccccn23)c1. The Balaban J connectivity index is 1.38. The van der Waals surface area contributed by atoms with E-state index >= 15 is 0 Å². The van der Waals surface area contributed by atoms with Crippen molar-refractivity contribution in [3.8, 4) is 11.4 Å². The van der Waals surface area contributed by atoms with Gasteiger partial charge in [-0.1, -0.05) is 78.9 Å². The van der Waals surface area contributed by atoms with E-state index in [1.54, 1.807) is 0 Å². The molecule has 156 valence electrons. The van der Waals surface area contributed by atoms with Crippen molar-refractivity contribution >= 4 is 17.2 Å². The topological polar surface area (TPSA) is 59.3 Å². The summed E-state index contributed by atoms with van der Waals surface area (Å²) in [6.07, 6.45) is 2.28. The van der Waals surface area contributed by atoms with Gasteiger partial charge in [0.15, 0.2) is 11.5 Å². The highest BCUT2D eigenvalue weighted by Crippen LogP contribution is 2.29. The van der Waals surface area contributed by atoms with Crippen LogP contribution in [0, 0.1) is 0 Å². The third-order valence-electron chi connectivity index (χ3n) is 5.51. The summed E-state index contributed by atoms with van der Waals surface area (Å²) >= 11 is 0. The van der Waals surface area contributed by atoms with Crippen molar-refractivity contribution in [2.75, 3.05) is 5.32 Å². The third kappa shape index (κ3) is 4.14. The minimum atomic E-state index is -0.0362. The Kier molecular flexibility index (Phi) is 5.45. The molecule has 0 bridgehead atoms. The summed E-state index contributed by atoms with van der Waals surface area (Å²) in [5.41, 5.74) is 4.66. The maximum absolute atomic E-state index is 13.0. The normalized spacial score (nSPS) is 11.0. The summed E-state index contributed by atoms with van der Waals surface area (Å²) in [6.45, 7) is 0. The molecule has 5 rings (SSSR count).